The van der Waals surface area contributed by atoms with Crippen molar-refractivity contribution in [2.45, 2.75) is 26.3 Å². The lowest BCUT2D eigenvalue weighted by Crippen LogP contribution is -2.12. The van der Waals surface area contributed by atoms with Gasteiger partial charge >= 0.3 is 0 Å². The van der Waals surface area contributed by atoms with Gasteiger partial charge in [0.2, 0.25) is 0 Å². The summed E-state index contributed by atoms with van der Waals surface area (Å²) in [4.78, 5) is 0. The van der Waals surface area contributed by atoms with Gasteiger partial charge in [0, 0.05) is 19.3 Å². The van der Waals surface area contributed by atoms with Gasteiger partial charge in [-0.25, -0.2) is 4.39 Å². The molecule has 1 atom stereocenters. The zero-order chi connectivity index (χ0) is 13.7. The summed E-state index contributed by atoms with van der Waals surface area (Å²) in [6, 6.07) is 6.46. The molecule has 0 saturated heterocycles. The van der Waals surface area contributed by atoms with Crippen molar-refractivity contribution in [1.29, 1.82) is 0 Å². The lowest BCUT2D eigenvalue weighted by Gasteiger charge is -2.13. The number of nitrogens with zero attached hydrogens (tertiary/aromatic N) is 2. The molecule has 0 saturated carbocycles. The van der Waals surface area contributed by atoms with Crippen LogP contribution in [0.25, 0.3) is 0 Å². The molecule has 0 aliphatic rings. The van der Waals surface area contributed by atoms with E-state index in [9.17, 15) is 9.50 Å². The van der Waals surface area contributed by atoms with E-state index in [-0.39, 0.29) is 18.3 Å². The maximum atomic E-state index is 12.8. The van der Waals surface area contributed by atoms with Gasteiger partial charge in [0.05, 0.1) is 6.20 Å². The van der Waals surface area contributed by atoms with Gasteiger partial charge in [0.15, 0.2) is 0 Å². The molecule has 0 aliphatic carbocycles. The SMILES string of the molecule is CCn1cc(CC(CO)Cc2ccc(F)cc2)cn1. The molecule has 1 aromatic heterocycles. The Hall–Kier alpha value is -1.68. The van der Waals surface area contributed by atoms with Crippen molar-refractivity contribution in [3.8, 4) is 0 Å². The first-order chi connectivity index (χ1) is 9.21. The summed E-state index contributed by atoms with van der Waals surface area (Å²) in [5.74, 6) is -0.0894. The summed E-state index contributed by atoms with van der Waals surface area (Å²) < 4.78 is 14.7. The van der Waals surface area contributed by atoms with E-state index in [0.717, 1.165) is 30.5 Å². The molecule has 19 heavy (non-hydrogen) atoms. The van der Waals surface area contributed by atoms with Crippen LogP contribution in [0.1, 0.15) is 18.1 Å². The number of aryl methyl sites for hydroxylation is 1. The van der Waals surface area contributed by atoms with Crippen LogP contribution in [0.3, 0.4) is 0 Å². The highest BCUT2D eigenvalue weighted by Crippen LogP contribution is 2.14. The Morgan fingerprint density at radius 2 is 1.89 bits per heavy atom. The highest BCUT2D eigenvalue weighted by atomic mass is 19.1. The van der Waals surface area contributed by atoms with E-state index in [1.54, 1.807) is 12.1 Å². The van der Waals surface area contributed by atoms with Gasteiger partial charge in [-0.15, -0.1) is 0 Å². The predicted molar refractivity (Wildman–Crippen MR) is 72.3 cm³/mol. The number of halogens is 1. The minimum Gasteiger partial charge on any atom is -0.396 e. The minimum atomic E-state index is -0.228. The van der Waals surface area contributed by atoms with E-state index in [2.05, 4.69) is 5.10 Å². The number of aliphatic hydroxyl groups is 1. The molecule has 1 heterocycles. The van der Waals surface area contributed by atoms with Crippen molar-refractivity contribution in [2.24, 2.45) is 5.92 Å². The topological polar surface area (TPSA) is 38.0 Å². The molecule has 0 aliphatic heterocycles. The van der Waals surface area contributed by atoms with Gasteiger partial charge < -0.3 is 5.11 Å². The molecule has 0 fully saturated rings. The number of hydrogen-bond acceptors (Lipinski definition) is 2. The zero-order valence-electron chi connectivity index (χ0n) is 11.1. The first kappa shape index (κ1) is 13.7. The van der Waals surface area contributed by atoms with Gasteiger partial charge in [0.1, 0.15) is 5.82 Å². The van der Waals surface area contributed by atoms with Crippen molar-refractivity contribution in [3.63, 3.8) is 0 Å². The molecule has 2 rings (SSSR count). The molecule has 0 spiro atoms. The first-order valence-electron chi connectivity index (χ1n) is 6.58. The van der Waals surface area contributed by atoms with E-state index in [1.807, 2.05) is 24.0 Å². The number of rotatable bonds is 6. The van der Waals surface area contributed by atoms with Crippen LogP contribution in [-0.2, 0) is 19.4 Å². The fourth-order valence-corrected chi connectivity index (χ4v) is 2.17. The van der Waals surface area contributed by atoms with Crippen molar-refractivity contribution in [3.05, 3.63) is 53.6 Å². The summed E-state index contributed by atoms with van der Waals surface area (Å²) >= 11 is 0. The molecule has 1 unspecified atom stereocenters. The molecule has 1 aromatic carbocycles. The number of aliphatic hydroxyl groups excluding tert-OH is 1. The third-order valence-electron chi connectivity index (χ3n) is 3.23. The maximum absolute atomic E-state index is 12.8. The Kier molecular flexibility index (Phi) is 4.68. The van der Waals surface area contributed by atoms with Crippen molar-refractivity contribution >= 4 is 0 Å². The third-order valence-corrected chi connectivity index (χ3v) is 3.23. The largest absolute Gasteiger partial charge is 0.396 e. The minimum absolute atomic E-state index is 0.120. The van der Waals surface area contributed by atoms with Crippen LogP contribution in [0.15, 0.2) is 36.7 Å². The second kappa shape index (κ2) is 6.48. The van der Waals surface area contributed by atoms with Crippen LogP contribution >= 0.6 is 0 Å². The normalized spacial score (nSPS) is 12.6. The smallest absolute Gasteiger partial charge is 0.123 e. The summed E-state index contributed by atoms with van der Waals surface area (Å²) in [6.45, 7) is 3.01. The van der Waals surface area contributed by atoms with Crippen molar-refractivity contribution < 1.29 is 9.50 Å². The van der Waals surface area contributed by atoms with Crippen LogP contribution in [0.5, 0.6) is 0 Å². The fraction of sp³-hybridized carbons (Fsp3) is 0.400. The summed E-state index contributed by atoms with van der Waals surface area (Å²) in [7, 11) is 0. The van der Waals surface area contributed by atoms with Crippen molar-refractivity contribution in [2.75, 3.05) is 6.61 Å². The highest BCUT2D eigenvalue weighted by molar-refractivity contribution is 5.17. The lowest BCUT2D eigenvalue weighted by molar-refractivity contribution is 0.225. The predicted octanol–water partition coefficient (Wildman–Crippen LogP) is 2.44. The zero-order valence-corrected chi connectivity index (χ0v) is 11.1. The molecular weight excluding hydrogens is 243 g/mol. The molecule has 0 amide bonds. The second-order valence-electron chi connectivity index (χ2n) is 4.79. The Labute approximate surface area is 112 Å². The van der Waals surface area contributed by atoms with E-state index >= 15 is 0 Å². The number of benzene rings is 1. The Morgan fingerprint density at radius 1 is 1.21 bits per heavy atom. The maximum Gasteiger partial charge on any atom is 0.123 e. The van der Waals surface area contributed by atoms with E-state index in [4.69, 9.17) is 0 Å². The summed E-state index contributed by atoms with van der Waals surface area (Å²) in [5, 5.41) is 13.7. The summed E-state index contributed by atoms with van der Waals surface area (Å²) in [5.41, 5.74) is 2.17. The molecular formula is C15H19FN2O. The average molecular weight is 262 g/mol. The molecule has 1 N–H and O–H groups in total. The highest BCUT2D eigenvalue weighted by Gasteiger charge is 2.11. The Bertz CT molecular complexity index is 507. The van der Waals surface area contributed by atoms with E-state index in [0.29, 0.717) is 0 Å². The molecule has 2 aromatic rings. The fourth-order valence-electron chi connectivity index (χ4n) is 2.17. The van der Waals surface area contributed by atoms with Gasteiger partial charge in [-0.05, 0) is 48.9 Å². The van der Waals surface area contributed by atoms with Crippen LogP contribution in [0.4, 0.5) is 4.39 Å². The molecule has 0 bridgehead atoms. The average Bonchev–Trinajstić information content (AvgIpc) is 2.88. The van der Waals surface area contributed by atoms with Gasteiger partial charge in [-0.1, -0.05) is 12.1 Å². The van der Waals surface area contributed by atoms with E-state index < -0.39 is 0 Å². The molecule has 3 nitrogen and oxygen atoms in total. The standard InChI is InChI=1S/C15H19FN2O/c1-2-18-10-14(9-17-18)8-13(11-19)7-12-3-5-15(16)6-4-12/h3-6,9-10,13,19H,2,7-8,11H2,1H3. The molecule has 4 heteroatoms. The van der Waals surface area contributed by atoms with Crippen LogP contribution in [-0.4, -0.2) is 21.5 Å². The van der Waals surface area contributed by atoms with Crippen molar-refractivity contribution in [1.82, 2.24) is 9.78 Å². The van der Waals surface area contributed by atoms with Crippen LogP contribution in [0, 0.1) is 11.7 Å². The van der Waals surface area contributed by atoms with Crippen LogP contribution < -0.4 is 0 Å². The quantitative estimate of drug-likeness (QED) is 0.868. The van der Waals surface area contributed by atoms with Gasteiger partial charge in [-0.3, -0.25) is 4.68 Å². The monoisotopic (exact) mass is 262 g/mol. The van der Waals surface area contributed by atoms with Crippen LogP contribution in [0.2, 0.25) is 0 Å². The molecule has 102 valence electrons. The first-order valence-corrected chi connectivity index (χ1v) is 6.58. The van der Waals surface area contributed by atoms with Gasteiger partial charge in [0.25, 0.3) is 0 Å². The van der Waals surface area contributed by atoms with Gasteiger partial charge in [-0.2, -0.15) is 5.10 Å². The third kappa shape index (κ3) is 3.89. The Morgan fingerprint density at radius 3 is 2.47 bits per heavy atom. The second-order valence-corrected chi connectivity index (χ2v) is 4.79. The molecule has 0 radical (unpaired) electrons. The number of aromatic nitrogens is 2. The number of hydrogen-bond donors (Lipinski definition) is 1. The lowest BCUT2D eigenvalue weighted by atomic mass is 9.94. The Balaban J connectivity index is 1.98. The van der Waals surface area contributed by atoms with E-state index in [1.165, 1.54) is 12.1 Å². The summed E-state index contributed by atoms with van der Waals surface area (Å²) in [6.07, 6.45) is 5.38.